The second-order valence-electron chi connectivity index (χ2n) is 4.58. The van der Waals surface area contributed by atoms with E-state index < -0.39 is 0 Å². The topological polar surface area (TPSA) is 15.3 Å². The van der Waals surface area contributed by atoms with Gasteiger partial charge in [0, 0.05) is 12.4 Å². The van der Waals surface area contributed by atoms with Crippen LogP contribution in [0.15, 0.2) is 36.2 Å². The summed E-state index contributed by atoms with van der Waals surface area (Å²) >= 11 is 0. The van der Waals surface area contributed by atoms with Crippen molar-refractivity contribution in [2.24, 2.45) is 5.41 Å². The highest BCUT2D eigenvalue weighted by atomic mass is 15.5. The number of nitrogens with one attached hydrogen (secondary N) is 1. The van der Waals surface area contributed by atoms with Crippen LogP contribution in [0.3, 0.4) is 0 Å². The molecule has 2 aliphatic rings. The van der Waals surface area contributed by atoms with E-state index in [2.05, 4.69) is 55.6 Å². The van der Waals surface area contributed by atoms with Crippen LogP contribution in [0.5, 0.6) is 0 Å². The Balaban J connectivity index is 2.22. The summed E-state index contributed by atoms with van der Waals surface area (Å²) in [6, 6.07) is 0.408. The van der Waals surface area contributed by atoms with E-state index in [1.165, 1.54) is 5.57 Å². The zero-order valence-corrected chi connectivity index (χ0v) is 8.41. The summed E-state index contributed by atoms with van der Waals surface area (Å²) in [5.74, 6) is 0. The fraction of sp³-hybridized carbons (Fsp3) is 0.455. The molecular formula is C11H16N2. The SMILES string of the molecule is CC(C)(C)C1=CN2NC=CC2C=C1. The van der Waals surface area contributed by atoms with Gasteiger partial charge in [0.25, 0.3) is 0 Å². The van der Waals surface area contributed by atoms with Crippen LogP contribution < -0.4 is 5.43 Å². The lowest BCUT2D eigenvalue weighted by atomic mass is 9.85. The Hall–Kier alpha value is -1.18. The van der Waals surface area contributed by atoms with Crippen LogP contribution >= 0.6 is 0 Å². The van der Waals surface area contributed by atoms with E-state index in [1.807, 2.05) is 6.20 Å². The lowest BCUT2D eigenvalue weighted by Gasteiger charge is -2.30. The molecule has 0 bridgehead atoms. The molecule has 0 aromatic heterocycles. The van der Waals surface area contributed by atoms with Crippen molar-refractivity contribution in [3.05, 3.63) is 36.2 Å². The normalized spacial score (nSPS) is 25.6. The number of hydrogen-bond acceptors (Lipinski definition) is 2. The Labute approximate surface area is 79.6 Å². The van der Waals surface area contributed by atoms with Gasteiger partial charge in [0.2, 0.25) is 0 Å². The number of rotatable bonds is 0. The van der Waals surface area contributed by atoms with Gasteiger partial charge in [-0.2, -0.15) is 0 Å². The van der Waals surface area contributed by atoms with Crippen molar-refractivity contribution in [2.75, 3.05) is 0 Å². The standard InChI is InChI=1S/C11H16N2/c1-11(2,3)9-4-5-10-6-7-12-13(10)8-9/h4-8,10,12H,1-3H3. The van der Waals surface area contributed by atoms with E-state index in [0.29, 0.717) is 6.04 Å². The van der Waals surface area contributed by atoms with E-state index in [4.69, 9.17) is 0 Å². The molecule has 70 valence electrons. The molecule has 1 unspecified atom stereocenters. The van der Waals surface area contributed by atoms with Crippen molar-refractivity contribution in [1.29, 1.82) is 0 Å². The lowest BCUT2D eigenvalue weighted by molar-refractivity contribution is 0.312. The Bertz CT molecular complexity index is 292. The van der Waals surface area contributed by atoms with E-state index in [1.54, 1.807) is 0 Å². The molecule has 0 aromatic rings. The molecule has 0 saturated carbocycles. The van der Waals surface area contributed by atoms with Crippen LogP contribution in [0.4, 0.5) is 0 Å². The van der Waals surface area contributed by atoms with E-state index in [-0.39, 0.29) is 5.41 Å². The molecule has 2 aliphatic heterocycles. The van der Waals surface area contributed by atoms with Crippen molar-refractivity contribution in [1.82, 2.24) is 10.4 Å². The molecule has 2 rings (SSSR count). The van der Waals surface area contributed by atoms with Gasteiger partial charge in [0.1, 0.15) is 0 Å². The number of allylic oxidation sites excluding steroid dienone is 2. The second kappa shape index (κ2) is 2.66. The van der Waals surface area contributed by atoms with Crippen LogP contribution in [0, 0.1) is 5.41 Å². The van der Waals surface area contributed by atoms with E-state index >= 15 is 0 Å². The quantitative estimate of drug-likeness (QED) is 0.608. The van der Waals surface area contributed by atoms with Gasteiger partial charge in [-0.15, -0.1) is 0 Å². The highest BCUT2D eigenvalue weighted by molar-refractivity contribution is 5.32. The van der Waals surface area contributed by atoms with Crippen LogP contribution in [0.2, 0.25) is 0 Å². The lowest BCUT2D eigenvalue weighted by Crippen LogP contribution is -2.34. The Morgan fingerprint density at radius 1 is 1.31 bits per heavy atom. The summed E-state index contributed by atoms with van der Waals surface area (Å²) in [6.07, 6.45) is 10.8. The molecule has 2 heteroatoms. The molecule has 0 radical (unpaired) electrons. The maximum atomic E-state index is 3.19. The van der Waals surface area contributed by atoms with E-state index in [9.17, 15) is 0 Å². The first kappa shape index (κ1) is 8.42. The molecule has 0 saturated heterocycles. The van der Waals surface area contributed by atoms with Gasteiger partial charge in [-0.05, 0) is 17.1 Å². The molecule has 1 atom stereocenters. The molecule has 0 fully saturated rings. The largest absolute Gasteiger partial charge is 0.306 e. The van der Waals surface area contributed by atoms with Gasteiger partial charge in [0.05, 0.1) is 6.04 Å². The summed E-state index contributed by atoms with van der Waals surface area (Å²) in [5.41, 5.74) is 4.77. The van der Waals surface area contributed by atoms with Crippen molar-refractivity contribution in [3.63, 3.8) is 0 Å². The molecule has 0 aromatic carbocycles. The third-order valence-electron chi connectivity index (χ3n) is 2.46. The molecule has 1 N–H and O–H groups in total. The van der Waals surface area contributed by atoms with Crippen LogP contribution in [-0.4, -0.2) is 11.1 Å². The Kier molecular flexibility index (Phi) is 1.72. The molecular weight excluding hydrogens is 160 g/mol. The number of fused-ring (bicyclic) bond motifs is 1. The fourth-order valence-electron chi connectivity index (χ4n) is 1.53. The minimum Gasteiger partial charge on any atom is -0.306 e. The van der Waals surface area contributed by atoms with Crippen LogP contribution in [-0.2, 0) is 0 Å². The maximum absolute atomic E-state index is 3.19. The van der Waals surface area contributed by atoms with Gasteiger partial charge in [0.15, 0.2) is 0 Å². The number of nitrogens with zero attached hydrogens (tertiary/aromatic N) is 1. The van der Waals surface area contributed by atoms with Gasteiger partial charge in [-0.25, -0.2) is 0 Å². The monoisotopic (exact) mass is 176 g/mol. The third kappa shape index (κ3) is 1.48. The van der Waals surface area contributed by atoms with Crippen LogP contribution in [0.25, 0.3) is 0 Å². The first-order chi connectivity index (χ1) is 6.07. The first-order valence-corrected chi connectivity index (χ1v) is 4.69. The van der Waals surface area contributed by atoms with E-state index in [0.717, 1.165) is 0 Å². The molecule has 0 aliphatic carbocycles. The van der Waals surface area contributed by atoms with Crippen molar-refractivity contribution in [3.8, 4) is 0 Å². The second-order valence-corrected chi connectivity index (χ2v) is 4.58. The predicted molar refractivity (Wildman–Crippen MR) is 54.6 cm³/mol. The third-order valence-corrected chi connectivity index (χ3v) is 2.46. The van der Waals surface area contributed by atoms with Crippen molar-refractivity contribution < 1.29 is 0 Å². The molecule has 2 heterocycles. The first-order valence-electron chi connectivity index (χ1n) is 4.69. The summed E-state index contributed by atoms with van der Waals surface area (Å²) in [7, 11) is 0. The maximum Gasteiger partial charge on any atom is 0.0879 e. The number of hydrogen-bond donors (Lipinski definition) is 1. The van der Waals surface area contributed by atoms with Crippen LogP contribution in [0.1, 0.15) is 20.8 Å². The Morgan fingerprint density at radius 2 is 2.08 bits per heavy atom. The minimum atomic E-state index is 0.228. The predicted octanol–water partition coefficient (Wildman–Crippen LogP) is 2.19. The van der Waals surface area contributed by atoms with Crippen molar-refractivity contribution >= 4 is 0 Å². The minimum absolute atomic E-state index is 0.228. The summed E-state index contributed by atoms with van der Waals surface area (Å²) in [6.45, 7) is 6.69. The highest BCUT2D eigenvalue weighted by Gasteiger charge is 2.23. The molecule has 0 amide bonds. The zero-order chi connectivity index (χ0) is 9.47. The molecule has 0 spiro atoms. The van der Waals surface area contributed by atoms with Crippen molar-refractivity contribution in [2.45, 2.75) is 26.8 Å². The van der Waals surface area contributed by atoms with Gasteiger partial charge < -0.3 is 5.43 Å². The molecule has 13 heavy (non-hydrogen) atoms. The van der Waals surface area contributed by atoms with Gasteiger partial charge >= 0.3 is 0 Å². The summed E-state index contributed by atoms with van der Waals surface area (Å²) < 4.78 is 0. The van der Waals surface area contributed by atoms with Gasteiger partial charge in [-0.1, -0.05) is 32.9 Å². The van der Waals surface area contributed by atoms with Gasteiger partial charge in [-0.3, -0.25) is 5.01 Å². The number of hydrazine groups is 1. The zero-order valence-electron chi connectivity index (χ0n) is 8.41. The highest BCUT2D eigenvalue weighted by Crippen LogP contribution is 2.30. The summed E-state index contributed by atoms with van der Waals surface area (Å²) in [4.78, 5) is 0. The smallest absolute Gasteiger partial charge is 0.0879 e. The Morgan fingerprint density at radius 3 is 2.77 bits per heavy atom. The fourth-order valence-corrected chi connectivity index (χ4v) is 1.53. The average molecular weight is 176 g/mol. The molecule has 2 nitrogen and oxygen atoms in total. The summed E-state index contributed by atoms with van der Waals surface area (Å²) in [5, 5.41) is 2.13. The average Bonchev–Trinajstić information content (AvgIpc) is 2.47.